The lowest BCUT2D eigenvalue weighted by atomic mass is 9.91. The smallest absolute Gasteiger partial charge is 0.308 e. The summed E-state index contributed by atoms with van der Waals surface area (Å²) in [5.41, 5.74) is 5.61. The molecule has 2 atom stereocenters. The van der Waals surface area contributed by atoms with Gasteiger partial charge >= 0.3 is 5.97 Å². The minimum Gasteiger partial charge on any atom is -0.466 e. The number of rotatable bonds is 9. The highest BCUT2D eigenvalue weighted by atomic mass is 19.1. The molecule has 1 spiro atoms. The third kappa shape index (κ3) is 6.50. The van der Waals surface area contributed by atoms with E-state index in [4.69, 9.17) is 14.2 Å². The van der Waals surface area contributed by atoms with Crippen molar-refractivity contribution in [2.24, 2.45) is 0 Å². The van der Waals surface area contributed by atoms with E-state index < -0.39 is 5.79 Å². The molecule has 2 aliphatic rings. The number of halogens is 1. The van der Waals surface area contributed by atoms with Crippen molar-refractivity contribution in [2.75, 3.05) is 6.61 Å². The maximum Gasteiger partial charge on any atom is 0.308 e. The molecule has 1 aromatic heterocycles. The summed E-state index contributed by atoms with van der Waals surface area (Å²) in [6.45, 7) is 7.39. The van der Waals surface area contributed by atoms with Gasteiger partial charge in [0, 0.05) is 37.1 Å². The van der Waals surface area contributed by atoms with Gasteiger partial charge in [0.15, 0.2) is 5.79 Å². The molecule has 0 bridgehead atoms. The van der Waals surface area contributed by atoms with Gasteiger partial charge in [-0.05, 0) is 73.6 Å². The van der Waals surface area contributed by atoms with Crippen LogP contribution in [0.5, 0.6) is 0 Å². The fourth-order valence-corrected chi connectivity index (χ4v) is 6.38. The predicted molar refractivity (Wildman–Crippen MR) is 155 cm³/mol. The van der Waals surface area contributed by atoms with Crippen molar-refractivity contribution in [3.63, 3.8) is 0 Å². The highest BCUT2D eigenvalue weighted by Gasteiger charge is 2.44. The van der Waals surface area contributed by atoms with Crippen molar-refractivity contribution >= 4 is 5.97 Å². The molecule has 3 aromatic rings. The Kier molecular flexibility index (Phi) is 9.07. The number of hydrogen-bond donors (Lipinski definition) is 0. The first-order chi connectivity index (χ1) is 19.4. The van der Waals surface area contributed by atoms with E-state index >= 15 is 0 Å². The monoisotopic (exact) mass is 547 g/mol. The quantitative estimate of drug-likeness (QED) is 0.253. The lowest BCUT2D eigenvalue weighted by Crippen LogP contribution is -2.50. The zero-order valence-corrected chi connectivity index (χ0v) is 24.0. The van der Waals surface area contributed by atoms with Crippen molar-refractivity contribution < 1.29 is 23.4 Å². The first-order valence-corrected chi connectivity index (χ1v) is 14.9. The summed E-state index contributed by atoms with van der Waals surface area (Å²) in [6.07, 6.45) is 6.53. The molecule has 1 saturated heterocycles. The zero-order valence-electron chi connectivity index (χ0n) is 24.0. The number of nitrogens with zero attached hydrogens (tertiary/aromatic N) is 1. The largest absolute Gasteiger partial charge is 0.466 e. The molecule has 6 heteroatoms. The molecule has 1 aliphatic heterocycles. The standard InChI is InChI=1S/C34H42FNO4/c1-4-38-32(37)22-29-21-28(39-34(40-29)18-9-6-10-19-34)17-20-36-31(24(2)3)23-30(25-11-7-5-8-12-25)33(36)26-13-15-27(35)16-14-26/h5,7-8,11-16,23-24,28-29H,4,6,9-10,17-22H2,1-3H3/t28-,29-/m1/s1. The highest BCUT2D eigenvalue weighted by Crippen LogP contribution is 2.42. The molecule has 0 amide bonds. The second kappa shape index (κ2) is 12.7. The Labute approximate surface area is 237 Å². The van der Waals surface area contributed by atoms with Gasteiger partial charge in [-0.15, -0.1) is 0 Å². The summed E-state index contributed by atoms with van der Waals surface area (Å²) in [5.74, 6) is -0.760. The van der Waals surface area contributed by atoms with E-state index in [-0.39, 0.29) is 30.4 Å². The van der Waals surface area contributed by atoms with Gasteiger partial charge in [0.2, 0.25) is 0 Å². The maximum atomic E-state index is 13.9. The Morgan fingerprint density at radius 3 is 2.38 bits per heavy atom. The van der Waals surface area contributed by atoms with Crippen LogP contribution < -0.4 is 0 Å². The highest BCUT2D eigenvalue weighted by molar-refractivity contribution is 5.82. The molecule has 5 rings (SSSR count). The van der Waals surface area contributed by atoms with E-state index in [1.165, 1.54) is 24.2 Å². The SMILES string of the molecule is CCOC(=O)C[C@H]1C[C@@H](CCn2c(C(C)C)cc(-c3ccccc3)c2-c2ccc(F)cc2)OC2(CCCCC2)O1. The van der Waals surface area contributed by atoms with Crippen LogP contribution in [0.4, 0.5) is 4.39 Å². The van der Waals surface area contributed by atoms with E-state index in [0.29, 0.717) is 18.9 Å². The van der Waals surface area contributed by atoms with Gasteiger partial charge in [0.25, 0.3) is 0 Å². The van der Waals surface area contributed by atoms with Crippen molar-refractivity contribution in [2.45, 2.75) is 103 Å². The summed E-state index contributed by atoms with van der Waals surface area (Å²) in [7, 11) is 0. The fraction of sp³-hybridized carbons (Fsp3) is 0.500. The van der Waals surface area contributed by atoms with Gasteiger partial charge in [0.1, 0.15) is 5.82 Å². The summed E-state index contributed by atoms with van der Waals surface area (Å²) in [6, 6.07) is 19.5. The van der Waals surface area contributed by atoms with Crippen LogP contribution in [0.1, 0.15) is 83.7 Å². The lowest BCUT2D eigenvalue weighted by Gasteiger charge is -2.46. The molecule has 2 aromatic carbocycles. The van der Waals surface area contributed by atoms with Gasteiger partial charge in [-0.1, -0.05) is 50.6 Å². The average Bonchev–Trinajstić information content (AvgIpc) is 3.33. The first kappa shape index (κ1) is 28.6. The minimum absolute atomic E-state index is 0.0325. The molecule has 0 radical (unpaired) electrons. The zero-order chi connectivity index (χ0) is 28.1. The van der Waals surface area contributed by atoms with Crippen LogP contribution in [0.2, 0.25) is 0 Å². The van der Waals surface area contributed by atoms with E-state index in [2.05, 4.69) is 48.7 Å². The van der Waals surface area contributed by atoms with E-state index in [0.717, 1.165) is 61.0 Å². The van der Waals surface area contributed by atoms with Crippen LogP contribution in [0.15, 0.2) is 60.7 Å². The molecule has 0 N–H and O–H groups in total. The van der Waals surface area contributed by atoms with E-state index in [1.807, 2.05) is 25.1 Å². The van der Waals surface area contributed by atoms with Gasteiger partial charge in [-0.2, -0.15) is 0 Å². The maximum absolute atomic E-state index is 13.9. The Morgan fingerprint density at radius 1 is 1.00 bits per heavy atom. The van der Waals surface area contributed by atoms with Crippen molar-refractivity contribution in [1.29, 1.82) is 0 Å². The van der Waals surface area contributed by atoms with Gasteiger partial charge in [-0.25, -0.2) is 4.39 Å². The van der Waals surface area contributed by atoms with E-state index in [9.17, 15) is 9.18 Å². The summed E-state index contributed by atoms with van der Waals surface area (Å²) in [5, 5.41) is 0. The molecule has 2 heterocycles. The number of carbonyl (C=O) groups excluding carboxylic acids is 1. The topological polar surface area (TPSA) is 49.7 Å². The van der Waals surface area contributed by atoms with E-state index in [1.54, 1.807) is 0 Å². The molecular weight excluding hydrogens is 505 g/mol. The normalized spacial score (nSPS) is 20.6. The Bertz CT molecular complexity index is 1260. The van der Waals surface area contributed by atoms with Crippen LogP contribution in [0, 0.1) is 5.82 Å². The summed E-state index contributed by atoms with van der Waals surface area (Å²) < 4.78 is 34.8. The second-order valence-electron chi connectivity index (χ2n) is 11.5. The molecule has 40 heavy (non-hydrogen) atoms. The number of aromatic nitrogens is 1. The Hall–Kier alpha value is -2.96. The lowest BCUT2D eigenvalue weighted by molar-refractivity contribution is -0.329. The summed E-state index contributed by atoms with van der Waals surface area (Å²) >= 11 is 0. The van der Waals surface area contributed by atoms with Crippen LogP contribution in [-0.2, 0) is 25.5 Å². The number of ether oxygens (including phenoxy) is 3. The number of carbonyl (C=O) groups is 1. The molecular formula is C34H42FNO4. The van der Waals surface area contributed by atoms with Crippen LogP contribution in [-0.4, -0.2) is 35.1 Å². The summed E-state index contributed by atoms with van der Waals surface area (Å²) in [4.78, 5) is 12.4. The fourth-order valence-electron chi connectivity index (χ4n) is 6.38. The second-order valence-corrected chi connectivity index (χ2v) is 11.5. The first-order valence-electron chi connectivity index (χ1n) is 14.9. The van der Waals surface area contributed by atoms with Crippen molar-refractivity contribution in [1.82, 2.24) is 4.57 Å². The van der Waals surface area contributed by atoms with Crippen molar-refractivity contribution in [3.8, 4) is 22.4 Å². The van der Waals surface area contributed by atoms with Gasteiger partial charge < -0.3 is 18.8 Å². The van der Waals surface area contributed by atoms with Crippen LogP contribution in [0.3, 0.4) is 0 Å². The molecule has 5 nitrogen and oxygen atoms in total. The van der Waals surface area contributed by atoms with Gasteiger partial charge in [-0.3, -0.25) is 4.79 Å². The molecule has 2 fully saturated rings. The third-order valence-electron chi connectivity index (χ3n) is 8.20. The molecule has 0 unspecified atom stereocenters. The number of esters is 1. The van der Waals surface area contributed by atoms with Crippen LogP contribution >= 0.6 is 0 Å². The average molecular weight is 548 g/mol. The molecule has 1 saturated carbocycles. The Balaban J connectivity index is 1.47. The number of benzene rings is 2. The van der Waals surface area contributed by atoms with Gasteiger partial charge in [0.05, 0.1) is 30.9 Å². The van der Waals surface area contributed by atoms with Crippen molar-refractivity contribution in [3.05, 3.63) is 72.2 Å². The van der Waals surface area contributed by atoms with Crippen LogP contribution in [0.25, 0.3) is 22.4 Å². The minimum atomic E-state index is -0.606. The molecule has 214 valence electrons. The molecule has 1 aliphatic carbocycles. The predicted octanol–water partition coefficient (Wildman–Crippen LogP) is 8.26. The third-order valence-corrected chi connectivity index (χ3v) is 8.20. The number of hydrogen-bond acceptors (Lipinski definition) is 4. The Morgan fingerprint density at radius 2 is 1.70 bits per heavy atom.